The smallest absolute Gasteiger partial charge is 0.174 e. The largest absolute Gasteiger partial charge is 0.493 e. The molecular weight excluding hydrogens is 278 g/mol. The summed E-state index contributed by atoms with van der Waals surface area (Å²) in [7, 11) is 3.88. The number of ether oxygens (including phenoxy) is 2. The minimum atomic E-state index is -0.306. The average molecular weight is 299 g/mol. The number of likely N-dealkylation sites (tertiary alicyclic amines) is 1. The fraction of sp³-hybridized carbons (Fsp3) is 0.611. The Balaban J connectivity index is 1.87. The van der Waals surface area contributed by atoms with Crippen LogP contribution in [-0.2, 0) is 16.6 Å². The third-order valence-electron chi connectivity index (χ3n) is 6.95. The Morgan fingerprint density at radius 1 is 1.41 bits per heavy atom. The predicted octanol–water partition coefficient (Wildman–Crippen LogP) is 1.93. The lowest BCUT2D eigenvalue weighted by atomic mass is 9.51. The number of ketones is 1. The summed E-state index contributed by atoms with van der Waals surface area (Å²) in [4.78, 5) is 15.2. The molecular formula is C18H21NO3. The summed E-state index contributed by atoms with van der Waals surface area (Å²) in [5.74, 6) is 1.89. The molecule has 4 heteroatoms. The maximum atomic E-state index is 12.8. The minimum Gasteiger partial charge on any atom is -0.493 e. The Hall–Kier alpha value is -1.55. The lowest BCUT2D eigenvalue weighted by molar-refractivity contribution is -0.123. The van der Waals surface area contributed by atoms with Crippen molar-refractivity contribution < 1.29 is 14.3 Å². The van der Waals surface area contributed by atoms with Crippen molar-refractivity contribution in [3.05, 3.63) is 23.3 Å². The lowest BCUT2D eigenvalue weighted by Gasteiger charge is -2.58. The number of nitrogens with zero attached hydrogens (tertiary/aromatic N) is 1. The number of Topliss-reactive ketones (excluding diaryl/α,β-unsaturated/α-hetero) is 1. The highest BCUT2D eigenvalue weighted by Gasteiger charge is 2.73. The van der Waals surface area contributed by atoms with Crippen LogP contribution in [0.4, 0.5) is 0 Å². The van der Waals surface area contributed by atoms with E-state index in [1.807, 2.05) is 6.07 Å². The van der Waals surface area contributed by atoms with E-state index in [0.29, 0.717) is 12.5 Å². The molecule has 1 saturated heterocycles. The van der Waals surface area contributed by atoms with Gasteiger partial charge in [-0.1, -0.05) is 13.0 Å². The van der Waals surface area contributed by atoms with Gasteiger partial charge in [0.25, 0.3) is 0 Å². The molecule has 4 nitrogen and oxygen atoms in total. The van der Waals surface area contributed by atoms with Crippen LogP contribution in [0.2, 0.25) is 0 Å². The fourth-order valence-corrected chi connectivity index (χ4v) is 5.97. The Morgan fingerprint density at radius 3 is 3.00 bits per heavy atom. The van der Waals surface area contributed by atoms with Gasteiger partial charge in [-0.3, -0.25) is 4.79 Å². The normalized spacial score (nSPS) is 41.3. The van der Waals surface area contributed by atoms with Crippen molar-refractivity contribution in [3.8, 4) is 11.5 Å². The SMILES string of the molecule is COc1ccc2c3c1O[C@H]1C(=O)C[C@@]4(C)[C@@H](C2)N(C)CC[C@]314. The predicted molar refractivity (Wildman–Crippen MR) is 81.6 cm³/mol. The van der Waals surface area contributed by atoms with Crippen molar-refractivity contribution in [3.63, 3.8) is 0 Å². The van der Waals surface area contributed by atoms with Crippen LogP contribution in [0.15, 0.2) is 12.1 Å². The summed E-state index contributed by atoms with van der Waals surface area (Å²) in [6, 6.07) is 4.60. The van der Waals surface area contributed by atoms with Crippen LogP contribution in [0.3, 0.4) is 0 Å². The van der Waals surface area contributed by atoms with Gasteiger partial charge in [0.2, 0.25) is 0 Å². The summed E-state index contributed by atoms with van der Waals surface area (Å²) in [5.41, 5.74) is 2.47. The Bertz CT molecular complexity index is 715. The molecule has 0 N–H and O–H groups in total. The van der Waals surface area contributed by atoms with Gasteiger partial charge in [-0.15, -0.1) is 0 Å². The van der Waals surface area contributed by atoms with Gasteiger partial charge in [0.15, 0.2) is 23.4 Å². The zero-order valence-corrected chi connectivity index (χ0v) is 13.3. The summed E-state index contributed by atoms with van der Waals surface area (Å²) < 4.78 is 11.8. The van der Waals surface area contributed by atoms with Gasteiger partial charge >= 0.3 is 0 Å². The van der Waals surface area contributed by atoms with Gasteiger partial charge in [0, 0.05) is 23.4 Å². The number of carbonyl (C=O) groups excluding carboxylic acids is 1. The Labute approximate surface area is 130 Å². The number of hydrogen-bond acceptors (Lipinski definition) is 4. The quantitative estimate of drug-likeness (QED) is 0.794. The molecule has 0 amide bonds. The van der Waals surface area contributed by atoms with E-state index in [1.165, 1.54) is 11.1 Å². The number of likely N-dealkylation sites (N-methyl/N-ethyl adjacent to an activating group) is 1. The van der Waals surface area contributed by atoms with Gasteiger partial charge in [0.05, 0.1) is 12.5 Å². The molecule has 1 saturated carbocycles. The molecule has 2 aliphatic carbocycles. The third kappa shape index (κ3) is 1.10. The van der Waals surface area contributed by atoms with Crippen molar-refractivity contribution >= 4 is 5.78 Å². The second-order valence-corrected chi connectivity index (χ2v) is 7.61. The molecule has 4 aliphatic rings. The zero-order chi connectivity index (χ0) is 15.3. The van der Waals surface area contributed by atoms with E-state index in [2.05, 4.69) is 24.9 Å². The highest BCUT2D eigenvalue weighted by atomic mass is 16.5. The van der Waals surface area contributed by atoms with Gasteiger partial charge in [-0.25, -0.2) is 0 Å². The van der Waals surface area contributed by atoms with Gasteiger partial charge in [0.1, 0.15) is 0 Å². The van der Waals surface area contributed by atoms with Crippen LogP contribution < -0.4 is 9.47 Å². The zero-order valence-electron chi connectivity index (χ0n) is 13.3. The molecule has 22 heavy (non-hydrogen) atoms. The third-order valence-corrected chi connectivity index (χ3v) is 6.95. The van der Waals surface area contributed by atoms with Crippen LogP contribution in [-0.4, -0.2) is 43.5 Å². The van der Waals surface area contributed by atoms with E-state index < -0.39 is 0 Å². The van der Waals surface area contributed by atoms with Crippen molar-refractivity contribution in [1.29, 1.82) is 0 Å². The second kappa shape index (κ2) is 3.67. The first-order chi connectivity index (χ1) is 10.5. The summed E-state index contributed by atoms with van der Waals surface area (Å²) >= 11 is 0. The molecule has 116 valence electrons. The number of methoxy groups -OCH3 is 1. The molecule has 2 heterocycles. The van der Waals surface area contributed by atoms with Crippen LogP contribution in [0, 0.1) is 5.41 Å². The van der Waals surface area contributed by atoms with Gasteiger partial charge in [-0.2, -0.15) is 0 Å². The minimum absolute atomic E-state index is 0.0215. The number of benzene rings is 1. The number of piperidine rings is 1. The van der Waals surface area contributed by atoms with E-state index in [0.717, 1.165) is 30.9 Å². The molecule has 2 bridgehead atoms. The van der Waals surface area contributed by atoms with Gasteiger partial charge < -0.3 is 14.4 Å². The monoisotopic (exact) mass is 299 g/mol. The summed E-state index contributed by atoms with van der Waals surface area (Å²) in [5, 5.41) is 0. The maximum absolute atomic E-state index is 12.8. The molecule has 0 unspecified atom stereocenters. The molecule has 4 atom stereocenters. The summed E-state index contributed by atoms with van der Waals surface area (Å²) in [6.45, 7) is 3.34. The first-order valence-corrected chi connectivity index (χ1v) is 8.13. The molecule has 5 rings (SSSR count). The van der Waals surface area contributed by atoms with E-state index in [-0.39, 0.29) is 22.7 Å². The highest BCUT2D eigenvalue weighted by molar-refractivity contribution is 5.92. The van der Waals surface area contributed by atoms with Crippen molar-refractivity contribution in [2.24, 2.45) is 5.41 Å². The van der Waals surface area contributed by atoms with Crippen LogP contribution in [0.5, 0.6) is 11.5 Å². The molecule has 1 aromatic rings. The first-order valence-electron chi connectivity index (χ1n) is 8.13. The standard InChI is InChI=1S/C18H21NO3/c1-17-9-11(20)16-18(17)6-7-19(2)13(17)8-10-4-5-12(21-3)15(22-16)14(10)18/h4-5,13,16H,6-9H2,1-3H3/t13-,16+,17+,18+/m1/s1. The van der Waals surface area contributed by atoms with E-state index >= 15 is 0 Å². The lowest BCUT2D eigenvalue weighted by Crippen LogP contribution is -2.64. The molecule has 1 aromatic carbocycles. The molecule has 0 aromatic heterocycles. The maximum Gasteiger partial charge on any atom is 0.174 e. The van der Waals surface area contributed by atoms with E-state index in [1.54, 1.807) is 7.11 Å². The Morgan fingerprint density at radius 2 is 2.23 bits per heavy atom. The summed E-state index contributed by atoms with van der Waals surface area (Å²) in [6.07, 6.45) is 2.34. The second-order valence-electron chi connectivity index (χ2n) is 7.61. The first kappa shape index (κ1) is 12.9. The van der Waals surface area contributed by atoms with E-state index in [4.69, 9.17) is 9.47 Å². The molecule has 2 fully saturated rings. The molecule has 1 spiro atoms. The van der Waals surface area contributed by atoms with Crippen molar-refractivity contribution in [2.75, 3.05) is 20.7 Å². The van der Waals surface area contributed by atoms with Gasteiger partial charge in [-0.05, 0) is 38.1 Å². The van der Waals surface area contributed by atoms with Crippen molar-refractivity contribution in [2.45, 2.75) is 43.7 Å². The Kier molecular flexibility index (Phi) is 2.16. The van der Waals surface area contributed by atoms with Crippen molar-refractivity contribution in [1.82, 2.24) is 4.90 Å². The van der Waals surface area contributed by atoms with Crippen LogP contribution in [0.1, 0.15) is 30.9 Å². The molecule has 2 aliphatic heterocycles. The number of carbonyl (C=O) groups is 1. The van der Waals surface area contributed by atoms with Crippen LogP contribution in [0.25, 0.3) is 0 Å². The topological polar surface area (TPSA) is 38.8 Å². The average Bonchev–Trinajstić information content (AvgIpc) is 2.94. The number of hydrogen-bond donors (Lipinski definition) is 0. The van der Waals surface area contributed by atoms with E-state index in [9.17, 15) is 4.79 Å². The number of rotatable bonds is 1. The van der Waals surface area contributed by atoms with Crippen LogP contribution >= 0.6 is 0 Å². The fourth-order valence-electron chi connectivity index (χ4n) is 5.97. The molecule has 0 radical (unpaired) electrons. The highest BCUT2D eigenvalue weighted by Crippen LogP contribution is 2.69.